The summed E-state index contributed by atoms with van der Waals surface area (Å²) in [6.45, 7) is 0. The highest BCUT2D eigenvalue weighted by molar-refractivity contribution is 7.91. The van der Waals surface area contributed by atoms with Crippen LogP contribution in [-0.2, 0) is 14.8 Å². The quantitative estimate of drug-likeness (QED) is 0.857. The molecule has 0 spiro atoms. The maximum absolute atomic E-state index is 12.2. The number of sulfonamides is 1. The minimum Gasteiger partial charge on any atom is -0.481 e. The zero-order valence-electron chi connectivity index (χ0n) is 10.4. The van der Waals surface area contributed by atoms with E-state index in [-0.39, 0.29) is 10.6 Å². The Hall–Kier alpha value is -1.70. The van der Waals surface area contributed by atoms with Crippen molar-refractivity contribution in [3.05, 3.63) is 53.4 Å². The van der Waals surface area contributed by atoms with Crippen LogP contribution in [0.5, 0.6) is 0 Å². The molecule has 7 heteroatoms. The number of rotatable bonds is 6. The number of carboxylic acids is 1. The van der Waals surface area contributed by atoms with E-state index in [2.05, 4.69) is 4.72 Å². The van der Waals surface area contributed by atoms with Crippen LogP contribution in [0.15, 0.2) is 52.1 Å². The second-order valence-corrected chi connectivity index (χ2v) is 7.00. The summed E-state index contributed by atoms with van der Waals surface area (Å²) in [6, 6.07) is 11.0. The maximum Gasteiger partial charge on any atom is 0.305 e. The number of thiophene rings is 1. The van der Waals surface area contributed by atoms with Crippen LogP contribution < -0.4 is 4.72 Å². The van der Waals surface area contributed by atoms with E-state index < -0.39 is 22.0 Å². The summed E-state index contributed by atoms with van der Waals surface area (Å²) in [4.78, 5) is 10.9. The zero-order chi connectivity index (χ0) is 14.6. The average Bonchev–Trinajstić information content (AvgIpc) is 2.93. The van der Waals surface area contributed by atoms with Gasteiger partial charge >= 0.3 is 5.97 Å². The Bertz CT molecular complexity index is 666. The first-order valence-electron chi connectivity index (χ1n) is 5.81. The van der Waals surface area contributed by atoms with E-state index in [0.29, 0.717) is 5.56 Å². The zero-order valence-corrected chi connectivity index (χ0v) is 12.0. The topological polar surface area (TPSA) is 83.5 Å². The van der Waals surface area contributed by atoms with E-state index in [1.165, 1.54) is 6.07 Å². The Labute approximate surface area is 120 Å². The molecule has 5 nitrogen and oxygen atoms in total. The fourth-order valence-electron chi connectivity index (χ4n) is 1.75. The molecule has 0 fully saturated rings. The van der Waals surface area contributed by atoms with Crippen molar-refractivity contribution >= 4 is 27.3 Å². The van der Waals surface area contributed by atoms with Gasteiger partial charge in [-0.1, -0.05) is 36.4 Å². The lowest BCUT2D eigenvalue weighted by Gasteiger charge is -2.16. The smallest absolute Gasteiger partial charge is 0.305 e. The molecule has 2 N–H and O–H groups in total. The summed E-state index contributed by atoms with van der Waals surface area (Å²) in [7, 11) is -3.70. The van der Waals surface area contributed by atoms with Gasteiger partial charge in [0.1, 0.15) is 4.21 Å². The van der Waals surface area contributed by atoms with Gasteiger partial charge < -0.3 is 5.11 Å². The maximum atomic E-state index is 12.2. The lowest BCUT2D eigenvalue weighted by molar-refractivity contribution is -0.137. The molecule has 1 aromatic carbocycles. The number of hydrogen-bond acceptors (Lipinski definition) is 4. The van der Waals surface area contributed by atoms with E-state index in [1.807, 2.05) is 0 Å². The molecule has 1 atom stereocenters. The third-order valence-corrected chi connectivity index (χ3v) is 5.51. The lowest BCUT2D eigenvalue weighted by atomic mass is 10.1. The van der Waals surface area contributed by atoms with Crippen LogP contribution in [0.2, 0.25) is 0 Å². The fourth-order valence-corrected chi connectivity index (χ4v) is 3.98. The fraction of sp³-hybridized carbons (Fsp3) is 0.154. The highest BCUT2D eigenvalue weighted by Gasteiger charge is 2.24. The largest absolute Gasteiger partial charge is 0.481 e. The van der Waals surface area contributed by atoms with Crippen LogP contribution in [0.25, 0.3) is 0 Å². The van der Waals surface area contributed by atoms with Crippen molar-refractivity contribution in [3.8, 4) is 0 Å². The third-order valence-electron chi connectivity index (χ3n) is 2.64. The molecule has 1 aromatic heterocycles. The predicted molar refractivity (Wildman–Crippen MR) is 76.1 cm³/mol. The van der Waals surface area contributed by atoms with Gasteiger partial charge in [-0.2, -0.15) is 0 Å². The van der Waals surface area contributed by atoms with Crippen molar-refractivity contribution in [3.63, 3.8) is 0 Å². The van der Waals surface area contributed by atoms with E-state index in [9.17, 15) is 13.2 Å². The molecule has 0 aliphatic heterocycles. The molecule has 0 amide bonds. The van der Waals surface area contributed by atoms with Crippen LogP contribution in [0, 0.1) is 0 Å². The molecule has 0 saturated carbocycles. The van der Waals surface area contributed by atoms with E-state index in [1.54, 1.807) is 41.8 Å². The van der Waals surface area contributed by atoms with Crippen molar-refractivity contribution in [1.82, 2.24) is 4.72 Å². The van der Waals surface area contributed by atoms with Gasteiger partial charge in [0.25, 0.3) is 10.0 Å². The second kappa shape index (κ2) is 6.17. The summed E-state index contributed by atoms with van der Waals surface area (Å²) >= 11 is 1.09. The molecular formula is C13H13NO4S2. The normalized spacial score (nSPS) is 13.0. The van der Waals surface area contributed by atoms with Crippen molar-refractivity contribution < 1.29 is 18.3 Å². The number of nitrogens with one attached hydrogen (secondary N) is 1. The minimum atomic E-state index is -3.70. The number of carboxylic acid groups (broad SMARTS) is 1. The highest BCUT2D eigenvalue weighted by atomic mass is 32.2. The van der Waals surface area contributed by atoms with Gasteiger partial charge in [0, 0.05) is 0 Å². The number of aliphatic carboxylic acids is 1. The molecule has 2 aromatic rings. The van der Waals surface area contributed by atoms with Gasteiger partial charge in [-0.05, 0) is 17.0 Å². The van der Waals surface area contributed by atoms with E-state index >= 15 is 0 Å². The Morgan fingerprint density at radius 3 is 2.45 bits per heavy atom. The van der Waals surface area contributed by atoms with E-state index in [0.717, 1.165) is 11.3 Å². The first kappa shape index (κ1) is 14.7. The van der Waals surface area contributed by atoms with E-state index in [4.69, 9.17) is 5.11 Å². The molecule has 20 heavy (non-hydrogen) atoms. The van der Waals surface area contributed by atoms with Crippen molar-refractivity contribution in [1.29, 1.82) is 0 Å². The minimum absolute atomic E-state index is 0.170. The van der Waals surface area contributed by atoms with Gasteiger partial charge in [-0.25, -0.2) is 13.1 Å². The molecule has 1 unspecified atom stereocenters. The van der Waals surface area contributed by atoms with Crippen LogP contribution in [0.1, 0.15) is 18.0 Å². The first-order chi connectivity index (χ1) is 9.49. The Morgan fingerprint density at radius 2 is 1.90 bits per heavy atom. The lowest BCUT2D eigenvalue weighted by Crippen LogP contribution is -2.29. The van der Waals surface area contributed by atoms with Crippen molar-refractivity contribution in [2.45, 2.75) is 16.7 Å². The van der Waals surface area contributed by atoms with Crippen LogP contribution in [0.4, 0.5) is 0 Å². The predicted octanol–water partition coefficient (Wildman–Crippen LogP) is 2.24. The Kier molecular flexibility index (Phi) is 4.53. The van der Waals surface area contributed by atoms with Crippen LogP contribution >= 0.6 is 11.3 Å². The molecule has 106 valence electrons. The highest BCUT2D eigenvalue weighted by Crippen LogP contribution is 2.22. The molecule has 0 aliphatic carbocycles. The second-order valence-electron chi connectivity index (χ2n) is 4.11. The summed E-state index contributed by atoms with van der Waals surface area (Å²) in [5.41, 5.74) is 0.620. The van der Waals surface area contributed by atoms with Crippen molar-refractivity contribution in [2.24, 2.45) is 0 Å². The number of benzene rings is 1. The van der Waals surface area contributed by atoms with Gasteiger partial charge in [0.15, 0.2) is 0 Å². The number of hydrogen-bond donors (Lipinski definition) is 2. The SMILES string of the molecule is O=C(O)CC(NS(=O)(=O)c1cccs1)c1ccccc1. The molecule has 2 rings (SSSR count). The van der Waals surface area contributed by atoms with Gasteiger partial charge in [-0.3, -0.25) is 4.79 Å². The average molecular weight is 311 g/mol. The number of carbonyl (C=O) groups is 1. The third kappa shape index (κ3) is 3.66. The van der Waals surface area contributed by atoms with Crippen LogP contribution in [-0.4, -0.2) is 19.5 Å². The van der Waals surface area contributed by atoms with Gasteiger partial charge in [-0.15, -0.1) is 11.3 Å². The van der Waals surface area contributed by atoms with Gasteiger partial charge in [0.2, 0.25) is 0 Å². The molecule has 0 radical (unpaired) electrons. The molecule has 0 bridgehead atoms. The molecular weight excluding hydrogens is 298 g/mol. The summed E-state index contributed by atoms with van der Waals surface area (Å²) in [6.07, 6.45) is -0.311. The summed E-state index contributed by atoms with van der Waals surface area (Å²) in [5, 5.41) is 10.6. The standard InChI is InChI=1S/C13H13NO4S2/c15-12(16)9-11(10-5-2-1-3-6-10)14-20(17,18)13-7-4-8-19-13/h1-8,11,14H,9H2,(H,15,16). The Balaban J connectivity index is 2.27. The molecule has 1 heterocycles. The van der Waals surface area contributed by atoms with Crippen molar-refractivity contribution in [2.75, 3.05) is 0 Å². The van der Waals surface area contributed by atoms with Crippen LogP contribution in [0.3, 0.4) is 0 Å². The monoisotopic (exact) mass is 311 g/mol. The summed E-state index contributed by atoms with van der Waals surface area (Å²) < 4.78 is 26.9. The summed E-state index contributed by atoms with van der Waals surface area (Å²) in [5.74, 6) is -1.06. The first-order valence-corrected chi connectivity index (χ1v) is 8.18. The molecule has 0 aliphatic rings. The van der Waals surface area contributed by atoms with Gasteiger partial charge in [0.05, 0.1) is 12.5 Å². The molecule has 0 saturated heterocycles. The Morgan fingerprint density at radius 1 is 1.20 bits per heavy atom.